The highest BCUT2D eigenvalue weighted by Crippen LogP contribution is 2.34. The van der Waals surface area contributed by atoms with E-state index in [1.165, 1.54) is 37.4 Å². The largest absolute Gasteiger partial charge is 0.497 e. The number of amides is 1. The number of nitrogens with one attached hydrogen (secondary N) is 1. The zero-order valence-corrected chi connectivity index (χ0v) is 17.9. The van der Waals surface area contributed by atoms with Crippen molar-refractivity contribution in [2.45, 2.75) is 6.61 Å². The van der Waals surface area contributed by atoms with Gasteiger partial charge in [-0.25, -0.2) is 4.79 Å². The van der Waals surface area contributed by atoms with E-state index in [2.05, 4.69) is 10.1 Å². The van der Waals surface area contributed by atoms with Gasteiger partial charge in [0.2, 0.25) is 0 Å². The van der Waals surface area contributed by atoms with Crippen LogP contribution in [0.25, 0.3) is 22.1 Å². The highest BCUT2D eigenvalue weighted by molar-refractivity contribution is 5.93. The van der Waals surface area contributed by atoms with Crippen molar-refractivity contribution in [3.8, 4) is 28.4 Å². The molecule has 0 saturated heterocycles. The van der Waals surface area contributed by atoms with Gasteiger partial charge >= 0.3 is 12.2 Å². The molecule has 1 amide bonds. The molecule has 0 aliphatic carbocycles. The molecule has 0 unspecified atom stereocenters. The number of carbonyl (C=O) groups is 1. The van der Waals surface area contributed by atoms with Gasteiger partial charge in [-0.3, -0.25) is 4.79 Å². The lowest BCUT2D eigenvalue weighted by Gasteiger charge is -2.14. The van der Waals surface area contributed by atoms with E-state index in [0.29, 0.717) is 39.3 Å². The second kappa shape index (κ2) is 10.0. The number of methoxy groups -OCH3 is 1. The van der Waals surface area contributed by atoms with E-state index < -0.39 is 18.1 Å². The molecule has 0 radical (unpaired) electrons. The molecule has 4 rings (SSSR count). The molecule has 1 aromatic heterocycles. The molecule has 1 heterocycles. The van der Waals surface area contributed by atoms with Crippen molar-refractivity contribution in [2.24, 2.45) is 0 Å². The molecule has 3 aromatic carbocycles. The smallest absolute Gasteiger partial charge is 0.387 e. The highest BCUT2D eigenvalue weighted by atomic mass is 19.3. The van der Waals surface area contributed by atoms with E-state index in [1.807, 2.05) is 0 Å². The Morgan fingerprint density at radius 1 is 0.971 bits per heavy atom. The molecule has 0 spiro atoms. The molecule has 0 saturated carbocycles. The fourth-order valence-corrected chi connectivity index (χ4v) is 3.28. The second-order valence-corrected chi connectivity index (χ2v) is 7.11. The van der Waals surface area contributed by atoms with Gasteiger partial charge in [-0.05, 0) is 54.1 Å². The highest BCUT2D eigenvalue weighted by Gasteiger charge is 2.14. The van der Waals surface area contributed by atoms with Crippen LogP contribution in [0.15, 0.2) is 82.0 Å². The van der Waals surface area contributed by atoms with Crippen LogP contribution < -0.4 is 25.2 Å². The van der Waals surface area contributed by atoms with Crippen molar-refractivity contribution in [2.75, 3.05) is 19.0 Å². The molecular weight excluding hydrogens is 448 g/mol. The maximum absolute atomic E-state index is 12.9. The van der Waals surface area contributed by atoms with Crippen LogP contribution in [-0.2, 0) is 4.79 Å². The summed E-state index contributed by atoms with van der Waals surface area (Å²) >= 11 is 0. The summed E-state index contributed by atoms with van der Waals surface area (Å²) in [7, 11) is 1.52. The summed E-state index contributed by atoms with van der Waals surface area (Å²) in [6.45, 7) is -3.33. The molecule has 0 fully saturated rings. The molecule has 4 aromatic rings. The van der Waals surface area contributed by atoms with Gasteiger partial charge in [-0.2, -0.15) is 8.78 Å². The lowest BCUT2D eigenvalue weighted by Crippen LogP contribution is -2.20. The molecule has 7 nitrogen and oxygen atoms in total. The monoisotopic (exact) mass is 467 g/mol. The van der Waals surface area contributed by atoms with Crippen molar-refractivity contribution in [3.05, 3.63) is 83.2 Å². The first kappa shape index (κ1) is 22.8. The molecule has 0 aliphatic heterocycles. The van der Waals surface area contributed by atoms with Gasteiger partial charge in [0.05, 0.1) is 7.11 Å². The maximum Gasteiger partial charge on any atom is 0.387 e. The van der Waals surface area contributed by atoms with E-state index in [9.17, 15) is 18.4 Å². The molecule has 9 heteroatoms. The Labute approximate surface area is 192 Å². The van der Waals surface area contributed by atoms with Crippen LogP contribution in [0.2, 0.25) is 0 Å². The summed E-state index contributed by atoms with van der Waals surface area (Å²) in [5.41, 5.74) is 1.18. The van der Waals surface area contributed by atoms with Crippen LogP contribution in [-0.4, -0.2) is 26.2 Å². The predicted molar refractivity (Wildman–Crippen MR) is 122 cm³/mol. The van der Waals surface area contributed by atoms with E-state index in [1.54, 1.807) is 42.5 Å². The molecule has 0 aliphatic rings. The Bertz CT molecular complexity index is 1370. The van der Waals surface area contributed by atoms with Crippen molar-refractivity contribution in [1.29, 1.82) is 0 Å². The van der Waals surface area contributed by atoms with Crippen LogP contribution >= 0.6 is 0 Å². The van der Waals surface area contributed by atoms with Crippen LogP contribution in [0.4, 0.5) is 14.5 Å². The lowest BCUT2D eigenvalue weighted by atomic mass is 10.0. The Morgan fingerprint density at radius 3 is 2.44 bits per heavy atom. The molecular formula is C25H19F2NO6. The van der Waals surface area contributed by atoms with Gasteiger partial charge in [0.15, 0.2) is 6.61 Å². The predicted octanol–water partition coefficient (Wildman–Crippen LogP) is 5.09. The number of hydrogen-bond donors (Lipinski definition) is 1. The first-order valence-corrected chi connectivity index (χ1v) is 10.1. The standard InChI is InChI=1S/C25H19F2NO6/c1-31-18-7-2-15(3-8-18)20-12-17(6-10-21(20)34-25(26)27)28-23(29)14-32-19-9-4-16-5-11-24(30)33-22(16)13-19/h2-13,25H,14H2,1H3,(H,28,29). The van der Waals surface area contributed by atoms with E-state index in [-0.39, 0.29) is 12.4 Å². The third kappa shape index (κ3) is 5.50. The topological polar surface area (TPSA) is 87.0 Å². The number of anilines is 1. The summed E-state index contributed by atoms with van der Waals surface area (Å²) < 4.78 is 46.1. The summed E-state index contributed by atoms with van der Waals surface area (Å²) in [4.78, 5) is 23.8. The van der Waals surface area contributed by atoms with Crippen LogP contribution in [0.1, 0.15) is 0 Å². The molecule has 1 N–H and O–H groups in total. The zero-order chi connectivity index (χ0) is 24.1. The van der Waals surface area contributed by atoms with Crippen LogP contribution in [0.5, 0.6) is 17.2 Å². The van der Waals surface area contributed by atoms with Gasteiger partial charge in [-0.15, -0.1) is 0 Å². The first-order chi connectivity index (χ1) is 16.4. The van der Waals surface area contributed by atoms with Gasteiger partial charge < -0.3 is 23.9 Å². The second-order valence-electron chi connectivity index (χ2n) is 7.11. The molecule has 34 heavy (non-hydrogen) atoms. The van der Waals surface area contributed by atoms with Gasteiger partial charge in [0.1, 0.15) is 22.8 Å². The van der Waals surface area contributed by atoms with E-state index in [4.69, 9.17) is 13.9 Å². The van der Waals surface area contributed by atoms with Gasteiger partial charge in [-0.1, -0.05) is 12.1 Å². The number of fused-ring (bicyclic) bond motifs is 1. The third-order valence-electron chi connectivity index (χ3n) is 4.84. The van der Waals surface area contributed by atoms with E-state index >= 15 is 0 Å². The Balaban J connectivity index is 1.49. The number of benzene rings is 3. The summed E-state index contributed by atoms with van der Waals surface area (Å²) in [6.07, 6.45) is 0. The normalized spacial score (nSPS) is 10.8. The Kier molecular flexibility index (Phi) is 6.72. The van der Waals surface area contributed by atoms with Gasteiger partial charge in [0, 0.05) is 28.8 Å². The molecule has 0 bridgehead atoms. The van der Waals surface area contributed by atoms with Crippen molar-refractivity contribution < 1.29 is 32.2 Å². The number of halogens is 2. The Morgan fingerprint density at radius 2 is 1.71 bits per heavy atom. The maximum atomic E-state index is 12.9. The average molecular weight is 467 g/mol. The van der Waals surface area contributed by atoms with Crippen molar-refractivity contribution >= 4 is 22.6 Å². The van der Waals surface area contributed by atoms with E-state index in [0.717, 1.165) is 0 Å². The lowest BCUT2D eigenvalue weighted by molar-refractivity contribution is -0.118. The van der Waals surface area contributed by atoms with Crippen molar-refractivity contribution in [1.82, 2.24) is 0 Å². The Hall–Kier alpha value is -4.40. The fourth-order valence-electron chi connectivity index (χ4n) is 3.28. The summed E-state index contributed by atoms with van der Waals surface area (Å²) in [6, 6.07) is 18.9. The van der Waals surface area contributed by atoms with Gasteiger partial charge in [0.25, 0.3) is 5.91 Å². The minimum Gasteiger partial charge on any atom is -0.497 e. The van der Waals surface area contributed by atoms with Crippen LogP contribution in [0.3, 0.4) is 0 Å². The first-order valence-electron chi connectivity index (χ1n) is 10.1. The number of carbonyl (C=O) groups excluding carboxylic acids is 1. The number of alkyl halides is 2. The summed E-state index contributed by atoms with van der Waals surface area (Å²) in [5.74, 6) is 0.441. The van der Waals surface area contributed by atoms with Crippen molar-refractivity contribution in [3.63, 3.8) is 0 Å². The minimum atomic E-state index is -3.00. The average Bonchev–Trinajstić information content (AvgIpc) is 2.83. The molecule has 0 atom stereocenters. The summed E-state index contributed by atoms with van der Waals surface area (Å²) in [5, 5.41) is 3.38. The third-order valence-corrected chi connectivity index (χ3v) is 4.84. The quantitative estimate of drug-likeness (QED) is 0.364. The molecule has 174 valence electrons. The number of ether oxygens (including phenoxy) is 3. The van der Waals surface area contributed by atoms with Crippen LogP contribution in [0, 0.1) is 0 Å². The minimum absolute atomic E-state index is 0.0351. The SMILES string of the molecule is COc1ccc(-c2cc(NC(=O)COc3ccc4ccc(=O)oc4c3)ccc2OC(F)F)cc1. The fraction of sp³-hybridized carbons (Fsp3) is 0.120. The number of hydrogen-bond acceptors (Lipinski definition) is 6. The zero-order valence-electron chi connectivity index (χ0n) is 17.9. The number of rotatable bonds is 8.